The van der Waals surface area contributed by atoms with Crippen LogP contribution >= 0.6 is 11.6 Å². The molecule has 0 spiro atoms. The molecule has 0 aliphatic heterocycles. The molecule has 5 nitrogen and oxygen atoms in total. The van der Waals surface area contributed by atoms with Crippen LogP contribution in [0.15, 0.2) is 24.3 Å². The van der Waals surface area contributed by atoms with E-state index in [0.717, 1.165) is 0 Å². The van der Waals surface area contributed by atoms with Crippen molar-refractivity contribution in [3.8, 4) is 5.75 Å². The van der Waals surface area contributed by atoms with Gasteiger partial charge in [-0.1, -0.05) is 39.3 Å². The maximum Gasteiger partial charge on any atom is 0.347 e. The predicted molar refractivity (Wildman–Crippen MR) is 92.1 cm³/mol. The van der Waals surface area contributed by atoms with Crippen LogP contribution in [0.1, 0.15) is 34.1 Å². The van der Waals surface area contributed by atoms with Gasteiger partial charge in [0.25, 0.3) is 0 Å². The quantitative estimate of drug-likeness (QED) is 0.628. The van der Waals surface area contributed by atoms with Crippen LogP contribution in [0.4, 0.5) is 0 Å². The van der Waals surface area contributed by atoms with Gasteiger partial charge in [0.1, 0.15) is 5.75 Å². The molecule has 0 aliphatic rings. The van der Waals surface area contributed by atoms with Gasteiger partial charge in [-0.25, -0.2) is 4.79 Å². The van der Waals surface area contributed by atoms with Gasteiger partial charge in [0.05, 0.1) is 19.6 Å². The Hall–Kier alpha value is -1.75. The molecule has 0 heterocycles. The standard InChI is InChI=1S/C18H25ClO5/c1-12(2)10-22-17(20)9-16(18(21)23-11-13(3)4)24-15-7-5-14(19)6-8-15/h5-8,12-13,16H,9-11H2,1-4H3. The van der Waals surface area contributed by atoms with Crippen LogP contribution in [0, 0.1) is 11.8 Å². The van der Waals surface area contributed by atoms with Crippen molar-refractivity contribution in [3.05, 3.63) is 29.3 Å². The lowest BCUT2D eigenvalue weighted by Gasteiger charge is -2.18. The normalized spacial score (nSPS) is 12.1. The third-order valence-corrected chi connectivity index (χ3v) is 3.10. The minimum atomic E-state index is -1.05. The van der Waals surface area contributed by atoms with Crippen molar-refractivity contribution in [2.45, 2.75) is 40.2 Å². The average Bonchev–Trinajstić information content (AvgIpc) is 2.52. The summed E-state index contributed by atoms with van der Waals surface area (Å²) >= 11 is 5.83. The Morgan fingerprint density at radius 1 is 0.958 bits per heavy atom. The smallest absolute Gasteiger partial charge is 0.347 e. The van der Waals surface area contributed by atoms with E-state index in [4.69, 9.17) is 25.8 Å². The van der Waals surface area contributed by atoms with Crippen molar-refractivity contribution in [2.24, 2.45) is 11.8 Å². The lowest BCUT2D eigenvalue weighted by Crippen LogP contribution is -2.33. The topological polar surface area (TPSA) is 61.8 Å². The monoisotopic (exact) mass is 356 g/mol. The largest absolute Gasteiger partial charge is 0.478 e. The van der Waals surface area contributed by atoms with E-state index < -0.39 is 18.0 Å². The molecule has 0 radical (unpaired) electrons. The fourth-order valence-corrected chi connectivity index (χ4v) is 1.79. The number of rotatable bonds is 9. The molecule has 1 atom stereocenters. The number of ether oxygens (including phenoxy) is 3. The van der Waals surface area contributed by atoms with Gasteiger partial charge >= 0.3 is 11.9 Å². The molecule has 1 aromatic carbocycles. The first-order chi connectivity index (χ1) is 11.3. The summed E-state index contributed by atoms with van der Waals surface area (Å²) in [5.41, 5.74) is 0. The molecule has 0 saturated carbocycles. The summed E-state index contributed by atoms with van der Waals surface area (Å²) < 4.78 is 15.9. The van der Waals surface area contributed by atoms with E-state index in [1.165, 1.54) is 0 Å². The highest BCUT2D eigenvalue weighted by Gasteiger charge is 2.27. The van der Waals surface area contributed by atoms with Crippen LogP contribution in [0.3, 0.4) is 0 Å². The summed E-state index contributed by atoms with van der Waals surface area (Å²) in [6.07, 6.45) is -1.25. The average molecular weight is 357 g/mol. The Morgan fingerprint density at radius 3 is 2.04 bits per heavy atom. The fourth-order valence-electron chi connectivity index (χ4n) is 1.66. The lowest BCUT2D eigenvalue weighted by molar-refractivity contribution is -0.159. The summed E-state index contributed by atoms with van der Waals surface area (Å²) in [7, 11) is 0. The summed E-state index contributed by atoms with van der Waals surface area (Å²) in [5, 5.41) is 0.553. The van der Waals surface area contributed by atoms with Crippen LogP contribution in [0.2, 0.25) is 5.02 Å². The molecule has 0 bridgehead atoms. The number of hydrogen-bond donors (Lipinski definition) is 0. The van der Waals surface area contributed by atoms with Crippen molar-refractivity contribution >= 4 is 23.5 Å². The predicted octanol–water partition coefficient (Wildman–Crippen LogP) is 3.88. The van der Waals surface area contributed by atoms with E-state index in [2.05, 4.69) is 0 Å². The van der Waals surface area contributed by atoms with Gasteiger partial charge in [0, 0.05) is 5.02 Å². The Labute approximate surface area is 148 Å². The zero-order valence-electron chi connectivity index (χ0n) is 14.6. The molecule has 0 fully saturated rings. The fraction of sp³-hybridized carbons (Fsp3) is 0.556. The molecular formula is C18H25ClO5. The van der Waals surface area contributed by atoms with Crippen LogP contribution in [0.25, 0.3) is 0 Å². The lowest BCUT2D eigenvalue weighted by atomic mass is 10.2. The second-order valence-corrected chi connectivity index (χ2v) is 6.80. The van der Waals surface area contributed by atoms with Crippen LogP contribution < -0.4 is 4.74 Å². The van der Waals surface area contributed by atoms with Gasteiger partial charge in [-0.15, -0.1) is 0 Å². The Morgan fingerprint density at radius 2 is 1.50 bits per heavy atom. The van der Waals surface area contributed by atoms with Crippen molar-refractivity contribution in [3.63, 3.8) is 0 Å². The molecule has 0 N–H and O–H groups in total. The number of benzene rings is 1. The van der Waals surface area contributed by atoms with Gasteiger partial charge in [-0.3, -0.25) is 4.79 Å². The zero-order valence-corrected chi connectivity index (χ0v) is 15.3. The summed E-state index contributed by atoms with van der Waals surface area (Å²) in [4.78, 5) is 24.1. The number of hydrogen-bond acceptors (Lipinski definition) is 5. The number of carbonyl (C=O) groups excluding carboxylic acids is 2. The summed E-state index contributed by atoms with van der Waals surface area (Å²) in [6.45, 7) is 8.30. The molecule has 134 valence electrons. The van der Waals surface area contributed by atoms with E-state index in [1.807, 2.05) is 27.7 Å². The molecule has 24 heavy (non-hydrogen) atoms. The van der Waals surface area contributed by atoms with Crippen molar-refractivity contribution < 1.29 is 23.8 Å². The van der Waals surface area contributed by atoms with E-state index >= 15 is 0 Å². The van der Waals surface area contributed by atoms with Crippen LogP contribution in [-0.2, 0) is 19.1 Å². The molecule has 1 rings (SSSR count). The molecule has 0 aromatic heterocycles. The highest BCUT2D eigenvalue weighted by atomic mass is 35.5. The Bertz CT molecular complexity index is 525. The highest BCUT2D eigenvalue weighted by Crippen LogP contribution is 2.18. The SMILES string of the molecule is CC(C)COC(=O)CC(Oc1ccc(Cl)cc1)C(=O)OCC(C)C. The van der Waals surface area contributed by atoms with Crippen molar-refractivity contribution in [2.75, 3.05) is 13.2 Å². The maximum atomic E-state index is 12.2. The molecule has 1 unspecified atom stereocenters. The minimum absolute atomic E-state index is 0.193. The first-order valence-corrected chi connectivity index (χ1v) is 8.40. The molecule has 1 aromatic rings. The Kier molecular flexibility index (Phi) is 8.61. The first kappa shape index (κ1) is 20.3. The summed E-state index contributed by atoms with van der Waals surface area (Å²) in [5.74, 6) is -0.234. The van der Waals surface area contributed by atoms with Gasteiger partial charge in [0.15, 0.2) is 0 Å². The summed E-state index contributed by atoms with van der Waals surface area (Å²) in [6, 6.07) is 6.55. The zero-order chi connectivity index (χ0) is 18.1. The first-order valence-electron chi connectivity index (χ1n) is 8.02. The van der Waals surface area contributed by atoms with Gasteiger partial charge in [-0.05, 0) is 36.1 Å². The van der Waals surface area contributed by atoms with E-state index in [9.17, 15) is 9.59 Å². The minimum Gasteiger partial charge on any atom is -0.478 e. The second kappa shape index (κ2) is 10.2. The highest BCUT2D eigenvalue weighted by molar-refractivity contribution is 6.30. The van der Waals surface area contributed by atoms with Gasteiger partial charge < -0.3 is 14.2 Å². The van der Waals surface area contributed by atoms with Crippen molar-refractivity contribution in [1.82, 2.24) is 0 Å². The molecule has 6 heteroatoms. The van der Waals surface area contributed by atoms with Gasteiger partial charge in [-0.2, -0.15) is 0 Å². The third kappa shape index (κ3) is 8.20. The van der Waals surface area contributed by atoms with Crippen LogP contribution in [0.5, 0.6) is 5.75 Å². The third-order valence-electron chi connectivity index (χ3n) is 2.84. The van der Waals surface area contributed by atoms with Crippen molar-refractivity contribution in [1.29, 1.82) is 0 Å². The molecular weight excluding hydrogens is 332 g/mol. The number of esters is 2. The molecule has 0 saturated heterocycles. The van der Waals surface area contributed by atoms with E-state index in [-0.39, 0.29) is 24.9 Å². The van der Waals surface area contributed by atoms with Crippen LogP contribution in [-0.4, -0.2) is 31.3 Å². The number of carbonyl (C=O) groups is 2. The molecule has 0 aliphatic carbocycles. The van der Waals surface area contributed by atoms with E-state index in [1.54, 1.807) is 24.3 Å². The Balaban J connectivity index is 2.72. The maximum absolute atomic E-state index is 12.2. The van der Waals surface area contributed by atoms with Gasteiger partial charge in [0.2, 0.25) is 6.10 Å². The number of halogens is 1. The second-order valence-electron chi connectivity index (χ2n) is 6.37. The molecule has 0 amide bonds. The van der Waals surface area contributed by atoms with E-state index in [0.29, 0.717) is 17.4 Å².